The minimum atomic E-state index is -0.400. The van der Waals surface area contributed by atoms with E-state index in [0.29, 0.717) is 6.61 Å². The van der Waals surface area contributed by atoms with E-state index in [9.17, 15) is 0 Å². The molecular formula is C21H40O3. The quantitative estimate of drug-likeness (QED) is 0.267. The first-order valence-corrected chi connectivity index (χ1v) is 9.98. The molecule has 24 heavy (non-hydrogen) atoms. The second kappa shape index (κ2) is 20.4. The number of hydrogen-bond acceptors (Lipinski definition) is 3. The van der Waals surface area contributed by atoms with Crippen LogP contribution in [0.2, 0.25) is 0 Å². The molecule has 3 nitrogen and oxygen atoms in total. The lowest BCUT2D eigenvalue weighted by molar-refractivity contribution is -0.0208. The summed E-state index contributed by atoms with van der Waals surface area (Å²) in [6.45, 7) is 2.69. The fraction of sp³-hybridized carbons (Fsp3) is 0.810. The van der Waals surface area contributed by atoms with Gasteiger partial charge in [-0.3, -0.25) is 0 Å². The summed E-state index contributed by atoms with van der Waals surface area (Å²) in [5, 5.41) is 17.7. The molecule has 0 aliphatic rings. The van der Waals surface area contributed by atoms with Gasteiger partial charge in [-0.25, -0.2) is 0 Å². The molecule has 0 heterocycles. The van der Waals surface area contributed by atoms with Gasteiger partial charge in [0.2, 0.25) is 0 Å². The van der Waals surface area contributed by atoms with E-state index in [1.807, 2.05) is 0 Å². The highest BCUT2D eigenvalue weighted by molar-refractivity contribution is 4.92. The summed E-state index contributed by atoms with van der Waals surface area (Å²) in [5.41, 5.74) is 0. The number of unbranched alkanes of at least 4 members (excludes halogenated alkanes) is 9. The standard InChI is InChI=1S/C21H40O3/c1-2-3-4-5-6-7-8-9-10-11-12-13-14-15-16-17-18-24-21(19-22)20-23/h6-7,9-10,21-23H,2-5,8,11-20H2,1H3. The number of rotatable bonds is 18. The molecule has 3 heteroatoms. The Kier molecular flexibility index (Phi) is 19.9. The molecule has 0 radical (unpaired) electrons. The molecule has 0 rings (SSSR count). The third-order valence-electron chi connectivity index (χ3n) is 4.11. The lowest BCUT2D eigenvalue weighted by atomic mass is 10.1. The number of ether oxygens (including phenoxy) is 1. The van der Waals surface area contributed by atoms with E-state index in [-0.39, 0.29) is 13.2 Å². The van der Waals surface area contributed by atoms with Gasteiger partial charge >= 0.3 is 0 Å². The van der Waals surface area contributed by atoms with Gasteiger partial charge < -0.3 is 14.9 Å². The van der Waals surface area contributed by atoms with E-state index >= 15 is 0 Å². The third-order valence-corrected chi connectivity index (χ3v) is 4.11. The first-order chi connectivity index (χ1) is 11.8. The predicted octanol–water partition coefficient (Wildman–Crippen LogP) is 5.17. The molecule has 0 fully saturated rings. The van der Waals surface area contributed by atoms with Crippen molar-refractivity contribution in [1.29, 1.82) is 0 Å². The van der Waals surface area contributed by atoms with Crippen molar-refractivity contribution in [2.45, 2.75) is 90.1 Å². The monoisotopic (exact) mass is 340 g/mol. The maximum absolute atomic E-state index is 8.87. The molecular weight excluding hydrogens is 300 g/mol. The van der Waals surface area contributed by atoms with E-state index in [4.69, 9.17) is 14.9 Å². The summed E-state index contributed by atoms with van der Waals surface area (Å²) in [4.78, 5) is 0. The zero-order chi connectivity index (χ0) is 17.7. The van der Waals surface area contributed by atoms with Gasteiger partial charge in [-0.15, -0.1) is 0 Å². The topological polar surface area (TPSA) is 49.7 Å². The summed E-state index contributed by atoms with van der Waals surface area (Å²) >= 11 is 0. The summed E-state index contributed by atoms with van der Waals surface area (Å²) in [5.74, 6) is 0. The molecule has 0 amide bonds. The van der Waals surface area contributed by atoms with Crippen molar-refractivity contribution in [1.82, 2.24) is 0 Å². The molecule has 0 unspecified atom stereocenters. The van der Waals surface area contributed by atoms with E-state index < -0.39 is 6.10 Å². The number of aliphatic hydroxyl groups is 2. The summed E-state index contributed by atoms with van der Waals surface area (Å²) in [7, 11) is 0. The van der Waals surface area contributed by atoms with Crippen LogP contribution >= 0.6 is 0 Å². The molecule has 0 aliphatic carbocycles. The van der Waals surface area contributed by atoms with Crippen LogP contribution in [0.4, 0.5) is 0 Å². The molecule has 0 bridgehead atoms. The van der Waals surface area contributed by atoms with Crippen molar-refractivity contribution >= 4 is 0 Å². The number of aliphatic hydroxyl groups excluding tert-OH is 2. The van der Waals surface area contributed by atoms with Crippen LogP contribution in [0, 0.1) is 0 Å². The largest absolute Gasteiger partial charge is 0.394 e. The first-order valence-electron chi connectivity index (χ1n) is 9.98. The van der Waals surface area contributed by atoms with Gasteiger partial charge in [0.05, 0.1) is 13.2 Å². The van der Waals surface area contributed by atoms with Crippen molar-refractivity contribution in [3.05, 3.63) is 24.3 Å². The average molecular weight is 341 g/mol. The second-order valence-corrected chi connectivity index (χ2v) is 6.44. The number of hydrogen-bond donors (Lipinski definition) is 2. The van der Waals surface area contributed by atoms with Crippen LogP contribution in [0.25, 0.3) is 0 Å². The highest BCUT2D eigenvalue weighted by atomic mass is 16.5. The van der Waals surface area contributed by atoms with E-state index in [0.717, 1.165) is 12.8 Å². The SMILES string of the molecule is CCCCCC=CCC=CCCCCCCCCOC(CO)CO. The smallest absolute Gasteiger partial charge is 0.104 e. The lowest BCUT2D eigenvalue weighted by Crippen LogP contribution is -2.22. The Labute approximate surface area is 149 Å². The van der Waals surface area contributed by atoms with Crippen LogP contribution in [-0.4, -0.2) is 36.1 Å². The lowest BCUT2D eigenvalue weighted by Gasteiger charge is -2.11. The van der Waals surface area contributed by atoms with Gasteiger partial charge in [-0.05, 0) is 38.5 Å². The molecule has 2 N–H and O–H groups in total. The Balaban J connectivity index is 3.20. The first kappa shape index (κ1) is 23.4. The zero-order valence-corrected chi connectivity index (χ0v) is 15.8. The maximum atomic E-state index is 8.87. The molecule has 142 valence electrons. The zero-order valence-electron chi connectivity index (χ0n) is 15.8. The second-order valence-electron chi connectivity index (χ2n) is 6.44. The van der Waals surface area contributed by atoms with Crippen molar-refractivity contribution in [2.75, 3.05) is 19.8 Å². The van der Waals surface area contributed by atoms with Gasteiger partial charge in [0.15, 0.2) is 0 Å². The fourth-order valence-electron chi connectivity index (χ4n) is 2.50. The minimum Gasteiger partial charge on any atom is -0.394 e. The molecule has 0 aromatic carbocycles. The van der Waals surface area contributed by atoms with Crippen molar-refractivity contribution in [3.8, 4) is 0 Å². The molecule has 0 aromatic rings. The van der Waals surface area contributed by atoms with Gasteiger partial charge in [0.25, 0.3) is 0 Å². The Hall–Kier alpha value is -0.640. The molecule has 0 atom stereocenters. The molecule has 0 saturated heterocycles. The maximum Gasteiger partial charge on any atom is 0.104 e. The molecule has 0 aromatic heterocycles. The van der Waals surface area contributed by atoms with Gasteiger partial charge in [0, 0.05) is 6.61 Å². The summed E-state index contributed by atoms with van der Waals surface area (Å²) in [6.07, 6.45) is 23.6. The minimum absolute atomic E-state index is 0.0985. The Morgan fingerprint density at radius 2 is 1.25 bits per heavy atom. The van der Waals surface area contributed by atoms with Crippen molar-refractivity contribution in [2.24, 2.45) is 0 Å². The van der Waals surface area contributed by atoms with Crippen LogP contribution in [0.5, 0.6) is 0 Å². The van der Waals surface area contributed by atoms with Crippen LogP contribution < -0.4 is 0 Å². The van der Waals surface area contributed by atoms with Gasteiger partial charge in [-0.1, -0.05) is 69.8 Å². The normalized spacial score (nSPS) is 12.2. The summed E-state index contributed by atoms with van der Waals surface area (Å²) < 4.78 is 5.34. The third kappa shape index (κ3) is 17.7. The van der Waals surface area contributed by atoms with E-state index in [1.54, 1.807) is 0 Å². The molecule has 0 saturated carbocycles. The van der Waals surface area contributed by atoms with Crippen molar-refractivity contribution < 1.29 is 14.9 Å². The van der Waals surface area contributed by atoms with Crippen LogP contribution in [0.3, 0.4) is 0 Å². The Morgan fingerprint density at radius 3 is 1.83 bits per heavy atom. The van der Waals surface area contributed by atoms with E-state index in [2.05, 4.69) is 31.2 Å². The van der Waals surface area contributed by atoms with Crippen molar-refractivity contribution in [3.63, 3.8) is 0 Å². The average Bonchev–Trinajstić information content (AvgIpc) is 2.61. The number of allylic oxidation sites excluding steroid dienone is 4. The highest BCUT2D eigenvalue weighted by Crippen LogP contribution is 2.08. The molecule has 0 aliphatic heterocycles. The van der Waals surface area contributed by atoms with Gasteiger partial charge in [0.1, 0.15) is 6.10 Å². The Morgan fingerprint density at radius 1 is 0.708 bits per heavy atom. The fourth-order valence-corrected chi connectivity index (χ4v) is 2.50. The predicted molar refractivity (Wildman–Crippen MR) is 103 cm³/mol. The van der Waals surface area contributed by atoms with Gasteiger partial charge in [-0.2, -0.15) is 0 Å². The molecule has 0 spiro atoms. The van der Waals surface area contributed by atoms with Crippen LogP contribution in [0.15, 0.2) is 24.3 Å². The van der Waals surface area contributed by atoms with E-state index in [1.165, 1.54) is 64.2 Å². The Bertz CT molecular complexity index is 283. The summed E-state index contributed by atoms with van der Waals surface area (Å²) in [6, 6.07) is 0. The van der Waals surface area contributed by atoms with Crippen LogP contribution in [0.1, 0.15) is 84.0 Å². The highest BCUT2D eigenvalue weighted by Gasteiger charge is 2.04. The van der Waals surface area contributed by atoms with Crippen LogP contribution in [-0.2, 0) is 4.74 Å².